The van der Waals surface area contributed by atoms with Crippen LogP contribution in [-0.4, -0.2) is 46.4 Å². The number of ether oxygens (including phenoxy) is 1. The maximum absolute atomic E-state index is 9.98. The van der Waals surface area contributed by atoms with Crippen LogP contribution in [0.15, 0.2) is 41.4 Å². The van der Waals surface area contributed by atoms with Gasteiger partial charge in [0, 0.05) is 18.3 Å². The summed E-state index contributed by atoms with van der Waals surface area (Å²) in [5, 5.41) is 22.3. The number of para-hydroxylation sites is 1. The Labute approximate surface area is 158 Å². The maximum Gasteiger partial charge on any atom is 0.151 e. The van der Waals surface area contributed by atoms with E-state index < -0.39 is 6.10 Å². The molecule has 0 aliphatic carbocycles. The Morgan fingerprint density at radius 2 is 2.00 bits per heavy atom. The van der Waals surface area contributed by atoms with Gasteiger partial charge < -0.3 is 15.2 Å². The Hall–Kier alpha value is -1.34. The van der Waals surface area contributed by atoms with Gasteiger partial charge in [0.2, 0.25) is 0 Å². The van der Waals surface area contributed by atoms with Crippen molar-refractivity contribution in [2.45, 2.75) is 37.4 Å². The molecular formula is C18H24ClN3O2S. The largest absolute Gasteiger partial charge is 0.491 e. The molecule has 1 aromatic heterocycles. The van der Waals surface area contributed by atoms with Crippen molar-refractivity contribution < 1.29 is 9.84 Å². The molecule has 2 rings (SSSR count). The highest BCUT2D eigenvalue weighted by Crippen LogP contribution is 2.22. The van der Waals surface area contributed by atoms with Gasteiger partial charge in [-0.1, -0.05) is 43.6 Å². The van der Waals surface area contributed by atoms with Crippen molar-refractivity contribution >= 4 is 23.4 Å². The summed E-state index contributed by atoms with van der Waals surface area (Å²) in [6, 6.07) is 11.9. The van der Waals surface area contributed by atoms with E-state index in [1.54, 1.807) is 17.8 Å². The van der Waals surface area contributed by atoms with E-state index >= 15 is 0 Å². The molecule has 1 aromatic carbocycles. The minimum Gasteiger partial charge on any atom is -0.491 e. The van der Waals surface area contributed by atoms with Gasteiger partial charge in [0.05, 0.1) is 0 Å². The van der Waals surface area contributed by atoms with Crippen LogP contribution >= 0.6 is 23.4 Å². The van der Waals surface area contributed by atoms with Crippen molar-refractivity contribution in [2.24, 2.45) is 0 Å². The van der Waals surface area contributed by atoms with E-state index in [1.807, 2.05) is 44.2 Å². The van der Waals surface area contributed by atoms with Crippen LogP contribution in [0, 0.1) is 0 Å². The minimum absolute atomic E-state index is 0.270. The highest BCUT2D eigenvalue weighted by atomic mass is 35.5. The molecule has 0 saturated carbocycles. The smallest absolute Gasteiger partial charge is 0.151 e. The fraction of sp³-hybridized carbons (Fsp3) is 0.444. The van der Waals surface area contributed by atoms with Crippen LogP contribution in [0.5, 0.6) is 5.75 Å². The second kappa shape index (κ2) is 10.6. The lowest BCUT2D eigenvalue weighted by molar-refractivity contribution is 0.104. The van der Waals surface area contributed by atoms with Gasteiger partial charge >= 0.3 is 0 Å². The fourth-order valence-corrected chi connectivity index (χ4v) is 3.01. The second-order valence-corrected chi connectivity index (χ2v) is 7.43. The average molecular weight is 382 g/mol. The van der Waals surface area contributed by atoms with Crippen molar-refractivity contribution in [3.05, 3.63) is 47.1 Å². The molecule has 1 heterocycles. The molecule has 7 heteroatoms. The Bertz CT molecular complexity index is 640. The number of rotatable bonds is 10. The molecule has 0 bridgehead atoms. The average Bonchev–Trinajstić information content (AvgIpc) is 2.61. The zero-order chi connectivity index (χ0) is 18.1. The van der Waals surface area contributed by atoms with Crippen LogP contribution in [0.1, 0.15) is 19.4 Å². The summed E-state index contributed by atoms with van der Waals surface area (Å²) >= 11 is 7.36. The Morgan fingerprint density at radius 1 is 1.20 bits per heavy atom. The standard InChI is InChI=1S/C18H24ClN3O2S/c1-13(2)20-11-15(23)12-24-16-6-4-3-5-14(16)9-10-25-18-8-7-17(19)21-22-18/h3-8,13,15,20,23H,9-12H2,1-2H3. The molecule has 0 aliphatic rings. The van der Waals surface area contributed by atoms with Crippen LogP contribution < -0.4 is 10.1 Å². The van der Waals surface area contributed by atoms with Gasteiger partial charge in [-0.15, -0.1) is 22.0 Å². The van der Waals surface area contributed by atoms with E-state index in [2.05, 4.69) is 15.5 Å². The van der Waals surface area contributed by atoms with Crippen LogP contribution in [-0.2, 0) is 6.42 Å². The summed E-state index contributed by atoms with van der Waals surface area (Å²) in [7, 11) is 0. The van der Waals surface area contributed by atoms with Gasteiger partial charge in [0.15, 0.2) is 5.15 Å². The third-order valence-electron chi connectivity index (χ3n) is 3.39. The molecule has 0 fully saturated rings. The fourth-order valence-electron chi connectivity index (χ4n) is 2.11. The summed E-state index contributed by atoms with van der Waals surface area (Å²) in [5.74, 6) is 1.67. The lowest BCUT2D eigenvalue weighted by Crippen LogP contribution is -2.35. The van der Waals surface area contributed by atoms with Crippen molar-refractivity contribution in [3.8, 4) is 5.75 Å². The predicted octanol–water partition coefficient (Wildman–Crippen LogP) is 3.20. The SMILES string of the molecule is CC(C)NCC(O)COc1ccccc1CCSc1ccc(Cl)nn1. The van der Waals surface area contributed by atoms with Gasteiger partial charge in [-0.05, 0) is 30.2 Å². The molecule has 5 nitrogen and oxygen atoms in total. The van der Waals surface area contributed by atoms with Crippen LogP contribution in [0.3, 0.4) is 0 Å². The second-order valence-electron chi connectivity index (χ2n) is 5.93. The van der Waals surface area contributed by atoms with Crippen LogP contribution in [0.4, 0.5) is 0 Å². The number of nitrogens with zero attached hydrogens (tertiary/aromatic N) is 2. The third-order valence-corrected chi connectivity index (χ3v) is 4.52. The van der Waals surface area contributed by atoms with Crippen molar-refractivity contribution in [1.29, 1.82) is 0 Å². The molecule has 1 unspecified atom stereocenters. The first-order chi connectivity index (χ1) is 12.0. The van der Waals surface area contributed by atoms with Gasteiger partial charge in [-0.25, -0.2) is 0 Å². The first-order valence-electron chi connectivity index (χ1n) is 8.29. The van der Waals surface area contributed by atoms with E-state index in [9.17, 15) is 5.11 Å². The van der Waals surface area contributed by atoms with Crippen molar-refractivity contribution in [2.75, 3.05) is 18.9 Å². The van der Waals surface area contributed by atoms with E-state index in [4.69, 9.17) is 16.3 Å². The molecule has 2 N–H and O–H groups in total. The molecular weight excluding hydrogens is 358 g/mol. The monoisotopic (exact) mass is 381 g/mol. The number of nitrogens with one attached hydrogen (secondary N) is 1. The number of aliphatic hydroxyl groups excluding tert-OH is 1. The van der Waals surface area contributed by atoms with Gasteiger partial charge in [-0.2, -0.15) is 0 Å². The molecule has 25 heavy (non-hydrogen) atoms. The maximum atomic E-state index is 9.98. The molecule has 0 aliphatic heterocycles. The van der Waals surface area contributed by atoms with E-state index in [-0.39, 0.29) is 6.61 Å². The summed E-state index contributed by atoms with van der Waals surface area (Å²) in [6.45, 7) is 4.88. The number of benzene rings is 1. The number of thioether (sulfide) groups is 1. The molecule has 2 aromatic rings. The van der Waals surface area contributed by atoms with Crippen molar-refractivity contribution in [1.82, 2.24) is 15.5 Å². The zero-order valence-corrected chi connectivity index (χ0v) is 16.1. The molecule has 0 spiro atoms. The topological polar surface area (TPSA) is 67.3 Å². The molecule has 0 radical (unpaired) electrons. The quantitative estimate of drug-likeness (QED) is 0.616. The van der Waals surface area contributed by atoms with E-state index in [0.717, 1.165) is 28.5 Å². The van der Waals surface area contributed by atoms with Gasteiger partial charge in [0.1, 0.15) is 23.5 Å². The lowest BCUT2D eigenvalue weighted by atomic mass is 10.1. The first kappa shape index (κ1) is 20.0. The molecule has 136 valence electrons. The summed E-state index contributed by atoms with van der Waals surface area (Å²) < 4.78 is 5.81. The van der Waals surface area contributed by atoms with Gasteiger partial charge in [0.25, 0.3) is 0 Å². The Kier molecular flexibility index (Phi) is 8.48. The van der Waals surface area contributed by atoms with Gasteiger partial charge in [-0.3, -0.25) is 0 Å². The van der Waals surface area contributed by atoms with Crippen LogP contribution in [0.25, 0.3) is 0 Å². The zero-order valence-electron chi connectivity index (χ0n) is 14.5. The number of aliphatic hydroxyl groups is 1. The van der Waals surface area contributed by atoms with Crippen LogP contribution in [0.2, 0.25) is 5.15 Å². The highest BCUT2D eigenvalue weighted by molar-refractivity contribution is 7.99. The van der Waals surface area contributed by atoms with Crippen molar-refractivity contribution in [3.63, 3.8) is 0 Å². The number of hydrogen-bond acceptors (Lipinski definition) is 6. The van der Waals surface area contributed by atoms with E-state index in [1.165, 1.54) is 0 Å². The minimum atomic E-state index is -0.533. The highest BCUT2D eigenvalue weighted by Gasteiger charge is 2.09. The summed E-state index contributed by atoms with van der Waals surface area (Å²) in [4.78, 5) is 0. The predicted molar refractivity (Wildman–Crippen MR) is 103 cm³/mol. The summed E-state index contributed by atoms with van der Waals surface area (Å²) in [5.41, 5.74) is 1.11. The normalized spacial score (nSPS) is 12.4. The number of hydrogen-bond donors (Lipinski definition) is 2. The first-order valence-corrected chi connectivity index (χ1v) is 9.65. The number of halogens is 1. The van der Waals surface area contributed by atoms with E-state index in [0.29, 0.717) is 17.7 Å². The lowest BCUT2D eigenvalue weighted by Gasteiger charge is -2.16. The Balaban J connectivity index is 1.82. The molecule has 0 saturated heterocycles. The number of aryl methyl sites for hydroxylation is 1. The third kappa shape index (κ3) is 7.61. The number of aromatic nitrogens is 2. The molecule has 0 amide bonds. The Morgan fingerprint density at radius 3 is 2.72 bits per heavy atom. The molecule has 1 atom stereocenters. The summed E-state index contributed by atoms with van der Waals surface area (Å²) in [6.07, 6.45) is 0.306.